The number of hydrogen-bond acceptors (Lipinski definition) is 7. The second kappa shape index (κ2) is 7.82. The highest BCUT2D eigenvalue weighted by Gasteiger charge is 2.11. The first-order chi connectivity index (χ1) is 14.4. The van der Waals surface area contributed by atoms with Gasteiger partial charge in [-0.25, -0.2) is 4.68 Å². The SMILES string of the molecule is Cc1cc(Cn2cc(-c3ccc(-c4nnn(CC(=O)O)n4)nc3)nn2)cc(C)c1C. The zero-order chi connectivity index (χ0) is 21.3. The third kappa shape index (κ3) is 4.07. The molecule has 0 aliphatic rings. The number of carboxylic acid groups (broad SMARTS) is 1. The highest BCUT2D eigenvalue weighted by molar-refractivity contribution is 5.66. The maximum absolute atomic E-state index is 10.7. The quantitative estimate of drug-likeness (QED) is 0.518. The smallest absolute Gasteiger partial charge is 0.327 e. The largest absolute Gasteiger partial charge is 0.480 e. The normalized spacial score (nSPS) is 11.0. The zero-order valence-corrected chi connectivity index (χ0v) is 16.8. The summed E-state index contributed by atoms with van der Waals surface area (Å²) >= 11 is 0. The molecular formula is C20H20N8O2. The van der Waals surface area contributed by atoms with Crippen LogP contribution in [0.3, 0.4) is 0 Å². The lowest BCUT2D eigenvalue weighted by Crippen LogP contribution is -2.11. The van der Waals surface area contributed by atoms with Crippen LogP contribution in [0.1, 0.15) is 22.3 Å². The Morgan fingerprint density at radius 3 is 2.47 bits per heavy atom. The molecule has 10 heteroatoms. The van der Waals surface area contributed by atoms with Crippen LogP contribution in [-0.4, -0.2) is 51.3 Å². The Kier molecular flexibility index (Phi) is 5.05. The van der Waals surface area contributed by atoms with Gasteiger partial charge in [0.2, 0.25) is 5.82 Å². The van der Waals surface area contributed by atoms with Gasteiger partial charge in [0.15, 0.2) is 6.54 Å². The summed E-state index contributed by atoms with van der Waals surface area (Å²) in [6, 6.07) is 7.92. The molecule has 0 saturated heterocycles. The summed E-state index contributed by atoms with van der Waals surface area (Å²) in [5.41, 5.74) is 7.01. The minimum absolute atomic E-state index is 0.261. The minimum Gasteiger partial charge on any atom is -0.480 e. The molecule has 0 spiro atoms. The summed E-state index contributed by atoms with van der Waals surface area (Å²) in [5.74, 6) is -0.780. The fourth-order valence-electron chi connectivity index (χ4n) is 3.12. The van der Waals surface area contributed by atoms with Crippen molar-refractivity contribution in [2.24, 2.45) is 0 Å². The van der Waals surface area contributed by atoms with E-state index in [-0.39, 0.29) is 12.4 Å². The topological polar surface area (TPSA) is 124 Å². The van der Waals surface area contributed by atoms with Crippen molar-refractivity contribution in [2.45, 2.75) is 33.9 Å². The standard InChI is InChI=1S/C20H20N8O2/c1-12-6-15(7-13(2)14(12)3)9-27-10-18(22-25-27)16-4-5-17(21-8-16)20-23-26-28(24-20)11-19(29)30/h4-8,10H,9,11H2,1-3H3,(H,29,30). The predicted octanol–water partition coefficient (Wildman–Crippen LogP) is 2.05. The molecule has 3 heterocycles. The van der Waals surface area contributed by atoms with Gasteiger partial charge in [0, 0.05) is 11.8 Å². The Labute approximate surface area is 172 Å². The van der Waals surface area contributed by atoms with Crippen molar-refractivity contribution in [2.75, 3.05) is 0 Å². The maximum atomic E-state index is 10.7. The number of nitrogens with zero attached hydrogens (tertiary/aromatic N) is 8. The van der Waals surface area contributed by atoms with E-state index in [9.17, 15) is 4.79 Å². The summed E-state index contributed by atoms with van der Waals surface area (Å²) in [7, 11) is 0. The fourth-order valence-corrected chi connectivity index (χ4v) is 3.12. The number of aliphatic carboxylic acids is 1. The van der Waals surface area contributed by atoms with Crippen molar-refractivity contribution in [1.82, 2.24) is 40.2 Å². The van der Waals surface area contributed by atoms with E-state index >= 15 is 0 Å². The third-order valence-electron chi connectivity index (χ3n) is 4.89. The van der Waals surface area contributed by atoms with Gasteiger partial charge in [-0.2, -0.15) is 4.80 Å². The number of aromatic nitrogens is 8. The summed E-state index contributed by atoms with van der Waals surface area (Å²) < 4.78 is 1.80. The summed E-state index contributed by atoms with van der Waals surface area (Å²) in [4.78, 5) is 16.1. The average molecular weight is 404 g/mol. The highest BCUT2D eigenvalue weighted by atomic mass is 16.4. The fraction of sp³-hybridized carbons (Fsp3) is 0.250. The number of carboxylic acids is 1. The van der Waals surface area contributed by atoms with Crippen molar-refractivity contribution in [3.05, 3.63) is 58.9 Å². The van der Waals surface area contributed by atoms with Crippen LogP contribution in [-0.2, 0) is 17.9 Å². The molecule has 30 heavy (non-hydrogen) atoms. The van der Waals surface area contributed by atoms with Gasteiger partial charge in [-0.3, -0.25) is 9.78 Å². The summed E-state index contributed by atoms with van der Waals surface area (Å²) in [6.07, 6.45) is 3.53. The van der Waals surface area contributed by atoms with Crippen molar-refractivity contribution >= 4 is 5.97 Å². The van der Waals surface area contributed by atoms with Gasteiger partial charge in [0.05, 0.1) is 12.7 Å². The molecular weight excluding hydrogens is 384 g/mol. The molecule has 0 aliphatic heterocycles. The summed E-state index contributed by atoms with van der Waals surface area (Å²) in [5, 5.41) is 28.8. The van der Waals surface area contributed by atoms with Gasteiger partial charge in [-0.15, -0.1) is 15.3 Å². The van der Waals surface area contributed by atoms with Gasteiger partial charge in [0.25, 0.3) is 0 Å². The minimum atomic E-state index is -1.04. The Hall–Kier alpha value is -3.95. The van der Waals surface area contributed by atoms with Gasteiger partial charge < -0.3 is 5.11 Å². The van der Waals surface area contributed by atoms with Gasteiger partial charge in [-0.05, 0) is 60.4 Å². The van der Waals surface area contributed by atoms with Crippen molar-refractivity contribution in [3.8, 4) is 22.8 Å². The second-order valence-corrected chi connectivity index (χ2v) is 7.13. The monoisotopic (exact) mass is 404 g/mol. The van der Waals surface area contributed by atoms with Crippen LogP contribution in [0.2, 0.25) is 0 Å². The Balaban J connectivity index is 1.50. The first kappa shape index (κ1) is 19.4. The van der Waals surface area contributed by atoms with Crippen LogP contribution in [0.15, 0.2) is 36.7 Å². The van der Waals surface area contributed by atoms with E-state index in [4.69, 9.17) is 5.11 Å². The van der Waals surface area contributed by atoms with Crippen molar-refractivity contribution < 1.29 is 9.90 Å². The molecule has 0 fully saturated rings. The molecule has 10 nitrogen and oxygen atoms in total. The van der Waals surface area contributed by atoms with E-state index in [0.717, 1.165) is 10.4 Å². The lowest BCUT2D eigenvalue weighted by Gasteiger charge is -2.08. The maximum Gasteiger partial charge on any atom is 0.327 e. The first-order valence-electron chi connectivity index (χ1n) is 9.32. The van der Waals surface area contributed by atoms with Crippen LogP contribution in [0.4, 0.5) is 0 Å². The Bertz CT molecular complexity index is 1190. The highest BCUT2D eigenvalue weighted by Crippen LogP contribution is 2.20. The number of aryl methyl sites for hydroxylation is 2. The molecule has 3 aromatic heterocycles. The van der Waals surface area contributed by atoms with Crippen molar-refractivity contribution in [1.29, 1.82) is 0 Å². The van der Waals surface area contributed by atoms with Crippen LogP contribution in [0.5, 0.6) is 0 Å². The van der Waals surface area contributed by atoms with E-state index in [1.807, 2.05) is 12.3 Å². The molecule has 0 amide bonds. The Morgan fingerprint density at radius 1 is 1.03 bits per heavy atom. The third-order valence-corrected chi connectivity index (χ3v) is 4.89. The molecule has 1 N–H and O–H groups in total. The molecule has 0 bridgehead atoms. The molecule has 0 atom stereocenters. The van der Waals surface area contributed by atoms with Gasteiger partial charge >= 0.3 is 5.97 Å². The van der Waals surface area contributed by atoms with Crippen molar-refractivity contribution in [3.63, 3.8) is 0 Å². The number of rotatable bonds is 6. The predicted molar refractivity (Wildman–Crippen MR) is 107 cm³/mol. The lowest BCUT2D eigenvalue weighted by atomic mass is 10.0. The van der Waals surface area contributed by atoms with Crippen LogP contribution in [0, 0.1) is 20.8 Å². The van der Waals surface area contributed by atoms with E-state index in [1.54, 1.807) is 16.9 Å². The van der Waals surface area contributed by atoms with E-state index in [1.165, 1.54) is 22.3 Å². The van der Waals surface area contributed by atoms with Gasteiger partial charge in [-0.1, -0.05) is 17.3 Å². The molecule has 4 aromatic rings. The number of pyridine rings is 1. The summed E-state index contributed by atoms with van der Waals surface area (Å²) in [6.45, 7) is 6.63. The molecule has 0 radical (unpaired) electrons. The zero-order valence-electron chi connectivity index (χ0n) is 16.8. The molecule has 4 rings (SSSR count). The molecule has 0 aliphatic carbocycles. The van der Waals surface area contributed by atoms with Crippen LogP contribution in [0.25, 0.3) is 22.8 Å². The molecule has 1 aromatic carbocycles. The number of carbonyl (C=O) groups is 1. The Morgan fingerprint density at radius 2 is 1.80 bits per heavy atom. The molecule has 0 saturated carbocycles. The van der Waals surface area contributed by atoms with Crippen LogP contribution < -0.4 is 0 Å². The van der Waals surface area contributed by atoms with E-state index in [0.29, 0.717) is 17.9 Å². The number of tetrazole rings is 1. The average Bonchev–Trinajstić information content (AvgIpc) is 3.35. The first-order valence-corrected chi connectivity index (χ1v) is 9.32. The van der Waals surface area contributed by atoms with E-state index in [2.05, 4.69) is 63.6 Å². The molecule has 0 unspecified atom stereocenters. The number of hydrogen-bond donors (Lipinski definition) is 1. The lowest BCUT2D eigenvalue weighted by molar-refractivity contribution is -0.138. The van der Waals surface area contributed by atoms with Gasteiger partial charge in [0.1, 0.15) is 11.4 Å². The second-order valence-electron chi connectivity index (χ2n) is 7.13. The van der Waals surface area contributed by atoms with E-state index < -0.39 is 5.97 Å². The van der Waals surface area contributed by atoms with Crippen LogP contribution >= 0.6 is 0 Å². The number of benzene rings is 1. The molecule has 152 valence electrons.